The van der Waals surface area contributed by atoms with E-state index in [0.717, 1.165) is 13.0 Å². The monoisotopic (exact) mass is 331 g/mol. The Balaban J connectivity index is 2.57. The summed E-state index contributed by atoms with van der Waals surface area (Å²) >= 11 is 2.35. The second kappa shape index (κ2) is 7.28. The Hall–Kier alpha value is -0.0900. The zero-order chi connectivity index (χ0) is 12.0. The quantitative estimate of drug-likeness (QED) is 0.781. The SMILES string of the molecule is CCCNC(Cc1ccc(I)cc1)C(C)C. The second-order valence-electron chi connectivity index (χ2n) is 4.64. The van der Waals surface area contributed by atoms with Gasteiger partial charge in [0.1, 0.15) is 0 Å². The van der Waals surface area contributed by atoms with Crippen molar-refractivity contribution in [3.63, 3.8) is 0 Å². The zero-order valence-corrected chi connectivity index (χ0v) is 12.6. The van der Waals surface area contributed by atoms with Crippen molar-refractivity contribution in [3.8, 4) is 0 Å². The molecule has 0 fully saturated rings. The fourth-order valence-corrected chi connectivity index (χ4v) is 2.11. The first-order valence-electron chi connectivity index (χ1n) is 6.11. The highest BCUT2D eigenvalue weighted by molar-refractivity contribution is 14.1. The number of halogens is 1. The molecule has 0 aliphatic carbocycles. The first-order valence-corrected chi connectivity index (χ1v) is 7.19. The maximum Gasteiger partial charge on any atom is 0.0130 e. The van der Waals surface area contributed by atoms with Crippen LogP contribution in [0.2, 0.25) is 0 Å². The highest BCUT2D eigenvalue weighted by atomic mass is 127. The van der Waals surface area contributed by atoms with E-state index in [1.807, 2.05) is 0 Å². The molecule has 1 unspecified atom stereocenters. The van der Waals surface area contributed by atoms with Gasteiger partial charge < -0.3 is 5.32 Å². The predicted molar refractivity (Wildman–Crippen MR) is 79.8 cm³/mol. The summed E-state index contributed by atoms with van der Waals surface area (Å²) in [5, 5.41) is 3.63. The number of nitrogens with one attached hydrogen (secondary N) is 1. The van der Waals surface area contributed by atoms with Crippen LogP contribution in [0.25, 0.3) is 0 Å². The summed E-state index contributed by atoms with van der Waals surface area (Å²) in [5.41, 5.74) is 1.43. The van der Waals surface area contributed by atoms with Crippen LogP contribution in [0.15, 0.2) is 24.3 Å². The Morgan fingerprint density at radius 2 is 1.81 bits per heavy atom. The highest BCUT2D eigenvalue weighted by Crippen LogP contribution is 2.12. The van der Waals surface area contributed by atoms with Crippen molar-refractivity contribution in [2.24, 2.45) is 5.92 Å². The van der Waals surface area contributed by atoms with Gasteiger partial charge >= 0.3 is 0 Å². The Kier molecular flexibility index (Phi) is 6.36. The average Bonchev–Trinajstić information content (AvgIpc) is 2.26. The van der Waals surface area contributed by atoms with E-state index in [4.69, 9.17) is 0 Å². The van der Waals surface area contributed by atoms with Gasteiger partial charge in [-0.05, 0) is 65.6 Å². The van der Waals surface area contributed by atoms with Crippen molar-refractivity contribution < 1.29 is 0 Å². The lowest BCUT2D eigenvalue weighted by molar-refractivity contribution is 0.397. The van der Waals surface area contributed by atoms with Gasteiger partial charge in [-0.3, -0.25) is 0 Å². The lowest BCUT2D eigenvalue weighted by Gasteiger charge is -2.22. The molecule has 1 atom stereocenters. The van der Waals surface area contributed by atoms with E-state index in [1.54, 1.807) is 0 Å². The van der Waals surface area contributed by atoms with Crippen LogP contribution in [0.1, 0.15) is 32.8 Å². The van der Waals surface area contributed by atoms with E-state index in [1.165, 1.54) is 15.6 Å². The van der Waals surface area contributed by atoms with Crippen molar-refractivity contribution in [2.75, 3.05) is 6.54 Å². The molecule has 0 heterocycles. The van der Waals surface area contributed by atoms with E-state index >= 15 is 0 Å². The molecular weight excluding hydrogens is 309 g/mol. The van der Waals surface area contributed by atoms with Crippen LogP contribution in [0.5, 0.6) is 0 Å². The van der Waals surface area contributed by atoms with E-state index < -0.39 is 0 Å². The molecule has 1 nitrogen and oxygen atoms in total. The highest BCUT2D eigenvalue weighted by Gasteiger charge is 2.12. The summed E-state index contributed by atoms with van der Waals surface area (Å²) in [5.74, 6) is 0.686. The molecule has 0 aromatic heterocycles. The van der Waals surface area contributed by atoms with E-state index in [0.29, 0.717) is 12.0 Å². The maximum atomic E-state index is 3.63. The molecule has 90 valence electrons. The van der Waals surface area contributed by atoms with Gasteiger partial charge in [-0.15, -0.1) is 0 Å². The molecule has 0 saturated heterocycles. The predicted octanol–water partition coefficient (Wildman–Crippen LogP) is 3.86. The van der Waals surface area contributed by atoms with Gasteiger partial charge in [0, 0.05) is 9.61 Å². The third-order valence-electron chi connectivity index (χ3n) is 2.83. The largest absolute Gasteiger partial charge is 0.313 e. The number of hydrogen-bond acceptors (Lipinski definition) is 1. The van der Waals surface area contributed by atoms with E-state index in [2.05, 4.69) is 72.9 Å². The minimum atomic E-state index is 0.597. The molecule has 1 aromatic carbocycles. The van der Waals surface area contributed by atoms with Gasteiger partial charge in [0.15, 0.2) is 0 Å². The standard InChI is InChI=1S/C14H22IN/c1-4-9-16-14(11(2)3)10-12-5-7-13(15)8-6-12/h5-8,11,14,16H,4,9-10H2,1-3H3. The summed E-state index contributed by atoms with van der Waals surface area (Å²) in [6.45, 7) is 7.92. The van der Waals surface area contributed by atoms with Crippen LogP contribution in [0, 0.1) is 9.49 Å². The summed E-state index contributed by atoms with van der Waals surface area (Å²) in [4.78, 5) is 0. The summed E-state index contributed by atoms with van der Waals surface area (Å²) in [6, 6.07) is 9.45. The molecule has 0 spiro atoms. The maximum absolute atomic E-state index is 3.63. The van der Waals surface area contributed by atoms with Crippen LogP contribution < -0.4 is 5.32 Å². The van der Waals surface area contributed by atoms with Crippen LogP contribution in [-0.4, -0.2) is 12.6 Å². The molecule has 1 N–H and O–H groups in total. The second-order valence-corrected chi connectivity index (χ2v) is 5.88. The van der Waals surface area contributed by atoms with Crippen molar-refractivity contribution in [1.82, 2.24) is 5.32 Å². The van der Waals surface area contributed by atoms with Crippen molar-refractivity contribution in [1.29, 1.82) is 0 Å². The van der Waals surface area contributed by atoms with Crippen LogP contribution in [0.4, 0.5) is 0 Å². The zero-order valence-electron chi connectivity index (χ0n) is 10.5. The molecule has 1 aromatic rings. The normalized spacial score (nSPS) is 13.1. The smallest absolute Gasteiger partial charge is 0.0130 e. The fourth-order valence-electron chi connectivity index (χ4n) is 1.75. The van der Waals surface area contributed by atoms with Crippen molar-refractivity contribution in [3.05, 3.63) is 33.4 Å². The molecule has 0 aliphatic heterocycles. The van der Waals surface area contributed by atoms with Crippen LogP contribution >= 0.6 is 22.6 Å². The van der Waals surface area contributed by atoms with Crippen LogP contribution in [-0.2, 0) is 6.42 Å². The van der Waals surface area contributed by atoms with Gasteiger partial charge in [-0.2, -0.15) is 0 Å². The molecule has 1 rings (SSSR count). The summed E-state index contributed by atoms with van der Waals surface area (Å²) in [7, 11) is 0. The third-order valence-corrected chi connectivity index (χ3v) is 3.55. The number of hydrogen-bond donors (Lipinski definition) is 1. The Labute approximate surface area is 113 Å². The van der Waals surface area contributed by atoms with Gasteiger partial charge in [0.2, 0.25) is 0 Å². The number of benzene rings is 1. The molecule has 0 bridgehead atoms. The number of rotatable bonds is 6. The van der Waals surface area contributed by atoms with Gasteiger partial charge in [0.25, 0.3) is 0 Å². The van der Waals surface area contributed by atoms with E-state index in [-0.39, 0.29) is 0 Å². The molecule has 0 amide bonds. The summed E-state index contributed by atoms with van der Waals surface area (Å²) < 4.78 is 1.31. The average molecular weight is 331 g/mol. The Morgan fingerprint density at radius 3 is 2.31 bits per heavy atom. The minimum Gasteiger partial charge on any atom is -0.313 e. The van der Waals surface area contributed by atoms with Gasteiger partial charge in [-0.1, -0.05) is 32.9 Å². The Bertz CT molecular complexity index is 292. The lowest BCUT2D eigenvalue weighted by atomic mass is 9.96. The van der Waals surface area contributed by atoms with Crippen molar-refractivity contribution >= 4 is 22.6 Å². The van der Waals surface area contributed by atoms with Crippen molar-refractivity contribution in [2.45, 2.75) is 39.7 Å². The summed E-state index contributed by atoms with van der Waals surface area (Å²) in [6.07, 6.45) is 2.34. The van der Waals surface area contributed by atoms with Gasteiger partial charge in [-0.25, -0.2) is 0 Å². The first kappa shape index (κ1) is 14.0. The molecule has 0 radical (unpaired) electrons. The fraction of sp³-hybridized carbons (Fsp3) is 0.571. The molecule has 2 heteroatoms. The van der Waals surface area contributed by atoms with Crippen LogP contribution in [0.3, 0.4) is 0 Å². The lowest BCUT2D eigenvalue weighted by Crippen LogP contribution is -2.36. The Morgan fingerprint density at radius 1 is 1.19 bits per heavy atom. The molecule has 0 aliphatic rings. The van der Waals surface area contributed by atoms with E-state index in [9.17, 15) is 0 Å². The minimum absolute atomic E-state index is 0.597. The molecule has 0 saturated carbocycles. The molecule has 16 heavy (non-hydrogen) atoms. The topological polar surface area (TPSA) is 12.0 Å². The van der Waals surface area contributed by atoms with Gasteiger partial charge in [0.05, 0.1) is 0 Å². The first-order chi connectivity index (χ1) is 7.63. The molecular formula is C14H22IN. The third kappa shape index (κ3) is 4.83.